The fraction of sp³-hybridized carbons (Fsp3) is 0.651. The Morgan fingerprint density at radius 2 is 1.44 bits per heavy atom. The van der Waals surface area contributed by atoms with Crippen LogP contribution in [0.4, 0.5) is 4.79 Å². The van der Waals surface area contributed by atoms with E-state index in [0.717, 1.165) is 34.5 Å². The average Bonchev–Trinajstić information content (AvgIpc) is 4.23. The molecule has 17 nitrogen and oxygen atoms in total. The molecule has 6 amide bonds. The number of rotatable bonds is 35. The van der Waals surface area contributed by atoms with Crippen LogP contribution in [-0.2, 0) is 57.5 Å². The molecule has 1 saturated heterocycles. The number of hydrogen-bond donors (Lipinski definition) is 4. The molecule has 0 aliphatic carbocycles. The largest absolute Gasteiger partial charge is 0.379 e. The first-order chi connectivity index (χ1) is 38.4. The van der Waals surface area contributed by atoms with Crippen molar-refractivity contribution in [1.82, 2.24) is 35.6 Å². The van der Waals surface area contributed by atoms with E-state index in [1.165, 1.54) is 11.3 Å². The minimum absolute atomic E-state index is 0.0132. The number of methoxy groups -OCH3 is 2. The highest BCUT2D eigenvalue weighted by atomic mass is 32.1. The summed E-state index contributed by atoms with van der Waals surface area (Å²) in [5.41, 5.74) is 8.15. The van der Waals surface area contributed by atoms with Gasteiger partial charge >= 0.3 is 6.03 Å². The predicted molar refractivity (Wildman–Crippen MR) is 320 cm³/mol. The number of hydrogen-bond acceptors (Lipinski definition) is 12. The van der Waals surface area contributed by atoms with Crippen LogP contribution in [0.3, 0.4) is 0 Å². The van der Waals surface area contributed by atoms with Crippen molar-refractivity contribution >= 4 is 52.6 Å². The van der Waals surface area contributed by atoms with Crippen LogP contribution in [-0.4, -0.2) is 145 Å². The van der Waals surface area contributed by atoms with Crippen molar-refractivity contribution in [3.05, 3.63) is 87.9 Å². The molecule has 0 unspecified atom stereocenters. The fourth-order valence-electron chi connectivity index (χ4n) is 11.4. The number of carbonyl (C=O) groups is 7. The van der Waals surface area contributed by atoms with Gasteiger partial charge in [-0.1, -0.05) is 130 Å². The van der Waals surface area contributed by atoms with Gasteiger partial charge in [-0.2, -0.15) is 0 Å². The van der Waals surface area contributed by atoms with Gasteiger partial charge in [0.05, 0.1) is 54.8 Å². The second-order valence-electron chi connectivity index (χ2n) is 23.6. The van der Waals surface area contributed by atoms with E-state index in [2.05, 4.69) is 39.7 Å². The molecule has 2 aromatic carbocycles. The lowest BCUT2D eigenvalue weighted by atomic mass is 9.83. The number of nitrogens with zero attached hydrogens (tertiary/aromatic N) is 4. The Labute approximate surface area is 488 Å². The molecule has 0 bridgehead atoms. The van der Waals surface area contributed by atoms with E-state index in [4.69, 9.17) is 15.2 Å². The summed E-state index contributed by atoms with van der Waals surface area (Å²) in [5, 5.41) is 11.5. The molecule has 1 aliphatic rings. The first-order valence-electron chi connectivity index (χ1n) is 29.5. The lowest BCUT2D eigenvalue weighted by Crippen LogP contribution is -2.54. The summed E-state index contributed by atoms with van der Waals surface area (Å²) in [5.74, 6) is -2.42. The van der Waals surface area contributed by atoms with Crippen molar-refractivity contribution in [3.8, 4) is 0 Å². The minimum atomic E-state index is -0.708. The Morgan fingerprint density at radius 3 is 2.01 bits per heavy atom. The maximum absolute atomic E-state index is 14.9. The molecule has 3 aromatic rings. The molecule has 5 N–H and O–H groups in total. The standard InChI is InChI=1S/C63H98N8O9S/c1-15-42(8)57(54(79-13)38-55(74)71-32-20-24-51(71)58(80-14)44(10)60(76)68-50(61-65-31-34-81-61)35-46-21-17-16-18-22-46)70(12)62(77)48(40(4)5)37-53(73)56(41(6)7)69(11)33-29-45-25-27-47(28-26-45)36-52(72)49(23-19-30-66-63(64)78)67-59(75)43(9)39(2)3/h16-18,21-22,25-28,31,34,39-44,48-51,54,56-58H,15,19-20,23-24,29-30,32-33,35-38H2,1-14H3,(H,67,75)(H,68,76)(H3,64,66,78)/t42-,43-,44+,48-,49-,50-,51-,54+,56-,57-,58+/m0/s1. The highest BCUT2D eigenvalue weighted by molar-refractivity contribution is 7.09. The number of likely N-dealkylation sites (tertiary alicyclic amines) is 1. The fourth-order valence-corrected chi connectivity index (χ4v) is 12.1. The molecule has 18 heteroatoms. The summed E-state index contributed by atoms with van der Waals surface area (Å²) in [6.45, 7) is 21.1. The zero-order valence-corrected chi connectivity index (χ0v) is 51.9. The van der Waals surface area contributed by atoms with Crippen molar-refractivity contribution < 1.29 is 43.0 Å². The molecule has 0 radical (unpaired) electrons. The third-order valence-electron chi connectivity index (χ3n) is 16.8. The number of thiazole rings is 1. The normalized spacial score (nSPS) is 17.4. The van der Waals surface area contributed by atoms with Crippen molar-refractivity contribution in [3.63, 3.8) is 0 Å². The summed E-state index contributed by atoms with van der Waals surface area (Å²) in [6.07, 6.45) is 4.91. The van der Waals surface area contributed by atoms with E-state index in [0.29, 0.717) is 51.7 Å². The lowest BCUT2D eigenvalue weighted by molar-refractivity contribution is -0.149. The summed E-state index contributed by atoms with van der Waals surface area (Å²) in [6, 6.07) is 14.9. The highest BCUT2D eigenvalue weighted by Crippen LogP contribution is 2.32. The zero-order chi connectivity index (χ0) is 60.1. The molecule has 2 heterocycles. The number of amides is 6. The van der Waals surface area contributed by atoms with Gasteiger partial charge in [0, 0.05) is 77.2 Å². The molecule has 81 heavy (non-hydrogen) atoms. The smallest absolute Gasteiger partial charge is 0.312 e. The molecule has 1 fully saturated rings. The lowest BCUT2D eigenvalue weighted by Gasteiger charge is -2.41. The van der Waals surface area contributed by atoms with Crippen LogP contribution >= 0.6 is 11.3 Å². The Morgan fingerprint density at radius 1 is 0.790 bits per heavy atom. The molecule has 1 aromatic heterocycles. The molecule has 1 aliphatic heterocycles. The SMILES string of the molecule is CC[C@H](C)[C@@H]([C@@H](CC(=O)N1CCC[C@H]1[C@H](OC)[C@@H](C)C(=O)N[C@@H](Cc1ccccc1)c1nccs1)OC)N(C)C(=O)[C@@H](CC(=O)[C@H](C(C)C)N(C)CCc1ccc(CC(=O)[C@H](CCCNC(N)=O)NC(=O)[C@@H](C)C(C)C)cc1)C(C)C. The van der Waals surface area contributed by atoms with Crippen molar-refractivity contribution in [2.45, 2.75) is 176 Å². The molecular formula is C63H98N8O9S. The first-order valence-corrected chi connectivity index (χ1v) is 30.3. The maximum Gasteiger partial charge on any atom is 0.312 e. The van der Waals surface area contributed by atoms with Gasteiger partial charge < -0.3 is 41.0 Å². The summed E-state index contributed by atoms with van der Waals surface area (Å²) in [4.78, 5) is 106. The molecule has 450 valence electrons. The Balaban J connectivity index is 1.41. The monoisotopic (exact) mass is 1140 g/mol. The van der Waals surface area contributed by atoms with Gasteiger partial charge in [-0.05, 0) is 85.9 Å². The van der Waals surface area contributed by atoms with E-state index >= 15 is 0 Å². The van der Waals surface area contributed by atoms with Crippen LogP contribution in [0.25, 0.3) is 0 Å². The van der Waals surface area contributed by atoms with Gasteiger partial charge in [-0.3, -0.25) is 33.7 Å². The predicted octanol–water partition coefficient (Wildman–Crippen LogP) is 8.23. The van der Waals surface area contributed by atoms with Crippen LogP contribution in [0, 0.1) is 41.4 Å². The van der Waals surface area contributed by atoms with Crippen molar-refractivity contribution in [2.75, 3.05) is 47.9 Å². The number of urea groups is 1. The Bertz CT molecular complexity index is 2440. The van der Waals surface area contributed by atoms with Crippen LogP contribution in [0.1, 0.15) is 142 Å². The number of benzene rings is 2. The Kier molecular flexibility index (Phi) is 28.1. The molecule has 0 spiro atoms. The summed E-state index contributed by atoms with van der Waals surface area (Å²) < 4.78 is 12.3. The van der Waals surface area contributed by atoms with Gasteiger partial charge in [0.15, 0.2) is 11.6 Å². The number of Topliss-reactive ketones (excluding diaryl/α,β-unsaturated/α-hetero) is 2. The molecule has 4 rings (SSSR count). The van der Waals surface area contributed by atoms with E-state index in [1.54, 1.807) is 32.4 Å². The Hall–Kier alpha value is -5.56. The number of carbonyl (C=O) groups excluding carboxylic acids is 7. The molecule has 11 atom stereocenters. The van der Waals surface area contributed by atoms with Crippen LogP contribution in [0.15, 0.2) is 66.2 Å². The second-order valence-corrected chi connectivity index (χ2v) is 24.6. The van der Waals surface area contributed by atoms with Crippen LogP contribution in [0.2, 0.25) is 0 Å². The highest BCUT2D eigenvalue weighted by Gasteiger charge is 2.44. The van der Waals surface area contributed by atoms with Crippen molar-refractivity contribution in [2.24, 2.45) is 47.2 Å². The topological polar surface area (TPSA) is 223 Å². The second kappa shape index (κ2) is 33.5. The van der Waals surface area contributed by atoms with Gasteiger partial charge in [-0.15, -0.1) is 11.3 Å². The molecular weight excluding hydrogens is 1040 g/mol. The van der Waals surface area contributed by atoms with Gasteiger partial charge in [0.2, 0.25) is 23.6 Å². The number of nitrogens with two attached hydrogens (primary N) is 1. The zero-order valence-electron chi connectivity index (χ0n) is 51.1. The number of ether oxygens (including phenoxy) is 2. The number of ketones is 2. The van der Waals surface area contributed by atoms with Crippen LogP contribution in [0.5, 0.6) is 0 Å². The maximum atomic E-state index is 14.9. The van der Waals surface area contributed by atoms with Gasteiger partial charge in [0.25, 0.3) is 0 Å². The quantitative estimate of drug-likeness (QED) is 0.0411. The van der Waals surface area contributed by atoms with Crippen molar-refractivity contribution in [1.29, 1.82) is 0 Å². The summed E-state index contributed by atoms with van der Waals surface area (Å²) >= 11 is 1.50. The van der Waals surface area contributed by atoms with Crippen LogP contribution < -0.4 is 21.7 Å². The number of aromatic nitrogens is 1. The van der Waals surface area contributed by atoms with Gasteiger partial charge in [0.1, 0.15) is 5.01 Å². The van der Waals surface area contributed by atoms with E-state index in [1.807, 2.05) is 127 Å². The third kappa shape index (κ3) is 20.1. The first kappa shape index (κ1) is 67.9. The summed E-state index contributed by atoms with van der Waals surface area (Å²) in [7, 11) is 6.90. The minimum Gasteiger partial charge on any atom is -0.379 e. The van der Waals surface area contributed by atoms with E-state index < -0.39 is 48.2 Å². The van der Waals surface area contributed by atoms with Gasteiger partial charge in [-0.25, -0.2) is 9.78 Å². The third-order valence-corrected chi connectivity index (χ3v) is 17.7. The number of likely N-dealkylation sites (N-methyl/N-ethyl adjacent to an activating group) is 2. The number of primary amides is 1. The van der Waals surface area contributed by atoms with E-state index in [-0.39, 0.29) is 96.1 Å². The molecule has 0 saturated carbocycles. The average molecular weight is 1140 g/mol. The van der Waals surface area contributed by atoms with E-state index in [9.17, 15) is 33.6 Å². The number of nitrogens with one attached hydrogen (secondary N) is 3.